The molecule has 2 aromatic carbocycles. The van der Waals surface area contributed by atoms with Crippen molar-refractivity contribution in [2.24, 2.45) is 5.41 Å². The number of nitrogens with one attached hydrogen (secondary N) is 2. The van der Waals surface area contributed by atoms with Crippen molar-refractivity contribution in [1.82, 2.24) is 10.0 Å². The van der Waals surface area contributed by atoms with E-state index in [1.54, 1.807) is 12.1 Å². The van der Waals surface area contributed by atoms with Crippen LogP contribution in [0.3, 0.4) is 0 Å². The number of carbonyl (C=O) groups excluding carboxylic acids is 1. The van der Waals surface area contributed by atoms with Gasteiger partial charge in [0.25, 0.3) is 5.91 Å². The van der Waals surface area contributed by atoms with Crippen LogP contribution in [0.2, 0.25) is 0 Å². The second kappa shape index (κ2) is 8.70. The molecule has 0 aromatic heterocycles. The monoisotopic (exact) mass is 408 g/mol. The van der Waals surface area contributed by atoms with Gasteiger partial charge in [-0.05, 0) is 42.8 Å². The summed E-state index contributed by atoms with van der Waals surface area (Å²) in [6.45, 7) is 5.82. The van der Waals surface area contributed by atoms with Crippen molar-refractivity contribution in [2.75, 3.05) is 13.7 Å². The van der Waals surface area contributed by atoms with Crippen molar-refractivity contribution in [3.63, 3.8) is 0 Å². The Labute approximate surface area is 165 Å². The molecular formula is C20H25FN2O4S. The summed E-state index contributed by atoms with van der Waals surface area (Å²) in [5, 5.41) is 2.86. The minimum Gasteiger partial charge on any atom is -0.488 e. The third-order valence-electron chi connectivity index (χ3n) is 4.27. The Morgan fingerprint density at radius 1 is 1.14 bits per heavy atom. The van der Waals surface area contributed by atoms with Crippen LogP contribution in [-0.2, 0) is 10.0 Å². The molecule has 0 aliphatic rings. The van der Waals surface area contributed by atoms with Gasteiger partial charge in [-0.1, -0.05) is 39.0 Å². The fraction of sp³-hybridized carbons (Fsp3) is 0.350. The number of sulfonamides is 1. The minimum atomic E-state index is -3.66. The summed E-state index contributed by atoms with van der Waals surface area (Å²) < 4.78 is 45.5. The highest BCUT2D eigenvalue weighted by Gasteiger charge is 2.28. The molecule has 8 heteroatoms. The van der Waals surface area contributed by atoms with Crippen molar-refractivity contribution in [2.45, 2.75) is 31.7 Å². The first-order valence-corrected chi connectivity index (χ1v) is 10.2. The lowest BCUT2D eigenvalue weighted by Gasteiger charge is -2.31. The Hall–Kier alpha value is -2.45. The number of carbonyl (C=O) groups is 1. The fourth-order valence-corrected chi connectivity index (χ4v) is 3.18. The molecule has 1 amide bonds. The highest BCUT2D eigenvalue weighted by atomic mass is 32.2. The first kappa shape index (κ1) is 21.8. The highest BCUT2D eigenvalue weighted by molar-refractivity contribution is 7.89. The second-order valence-electron chi connectivity index (χ2n) is 7.37. The van der Waals surface area contributed by atoms with Crippen molar-refractivity contribution >= 4 is 15.9 Å². The zero-order chi connectivity index (χ0) is 20.9. The fourth-order valence-electron chi connectivity index (χ4n) is 2.41. The summed E-state index contributed by atoms with van der Waals surface area (Å²) in [4.78, 5) is 12.7. The van der Waals surface area contributed by atoms with Crippen molar-refractivity contribution in [3.8, 4) is 5.75 Å². The number of hydrogen-bond acceptors (Lipinski definition) is 4. The smallest absolute Gasteiger partial charge is 0.251 e. The van der Waals surface area contributed by atoms with Crippen molar-refractivity contribution < 1.29 is 22.3 Å². The van der Waals surface area contributed by atoms with Gasteiger partial charge in [0.15, 0.2) is 11.6 Å². The molecule has 0 radical (unpaired) electrons. The molecule has 0 spiro atoms. The normalized spacial score (nSPS) is 13.0. The Morgan fingerprint density at radius 2 is 1.82 bits per heavy atom. The maximum Gasteiger partial charge on any atom is 0.251 e. The SMILES string of the molecule is CNS(=O)(=O)c1cccc(C(=O)NC(COc2ccccc2F)C(C)(C)C)c1. The number of benzene rings is 2. The minimum absolute atomic E-state index is 0.00225. The summed E-state index contributed by atoms with van der Waals surface area (Å²) >= 11 is 0. The summed E-state index contributed by atoms with van der Waals surface area (Å²) in [7, 11) is -2.36. The second-order valence-corrected chi connectivity index (χ2v) is 9.26. The van der Waals surface area contributed by atoms with E-state index in [0.29, 0.717) is 0 Å². The molecule has 152 valence electrons. The van der Waals surface area contributed by atoms with Crippen LogP contribution in [0, 0.1) is 11.2 Å². The van der Waals surface area contributed by atoms with Gasteiger partial charge in [0, 0.05) is 5.56 Å². The third-order valence-corrected chi connectivity index (χ3v) is 5.68. The molecule has 0 bridgehead atoms. The van der Waals surface area contributed by atoms with Crippen LogP contribution in [0.4, 0.5) is 4.39 Å². The lowest BCUT2D eigenvalue weighted by molar-refractivity contribution is 0.0860. The van der Waals surface area contributed by atoms with Crippen LogP contribution in [-0.4, -0.2) is 34.0 Å². The van der Waals surface area contributed by atoms with E-state index in [1.165, 1.54) is 43.4 Å². The van der Waals surface area contributed by atoms with Gasteiger partial charge in [0.1, 0.15) is 6.61 Å². The average Bonchev–Trinajstić information content (AvgIpc) is 2.65. The first-order chi connectivity index (χ1) is 13.0. The van der Waals surface area contributed by atoms with E-state index in [0.717, 1.165) is 0 Å². The first-order valence-electron chi connectivity index (χ1n) is 8.76. The van der Waals surface area contributed by atoms with Gasteiger partial charge in [0.2, 0.25) is 10.0 Å². The van der Waals surface area contributed by atoms with Gasteiger partial charge in [0.05, 0.1) is 10.9 Å². The molecule has 0 aliphatic heterocycles. The van der Waals surface area contributed by atoms with Gasteiger partial charge in [-0.15, -0.1) is 0 Å². The van der Waals surface area contributed by atoms with E-state index < -0.39 is 27.8 Å². The van der Waals surface area contributed by atoms with Gasteiger partial charge >= 0.3 is 0 Å². The van der Waals surface area contributed by atoms with E-state index in [2.05, 4.69) is 10.0 Å². The molecule has 0 fully saturated rings. The maximum absolute atomic E-state index is 13.8. The van der Waals surface area contributed by atoms with E-state index in [-0.39, 0.29) is 28.2 Å². The predicted octanol–water partition coefficient (Wildman–Crippen LogP) is 2.96. The van der Waals surface area contributed by atoms with Crippen LogP contribution in [0.1, 0.15) is 31.1 Å². The summed E-state index contributed by atoms with van der Waals surface area (Å²) in [5.74, 6) is -0.815. The van der Waals surface area contributed by atoms with Gasteiger partial charge < -0.3 is 10.1 Å². The van der Waals surface area contributed by atoms with Gasteiger partial charge in [-0.3, -0.25) is 4.79 Å². The quantitative estimate of drug-likeness (QED) is 0.738. The largest absolute Gasteiger partial charge is 0.488 e. The number of hydrogen-bond donors (Lipinski definition) is 2. The van der Waals surface area contributed by atoms with Crippen molar-refractivity contribution in [1.29, 1.82) is 0 Å². The standard InChI is InChI=1S/C20H25FN2O4S/c1-20(2,3)18(13-27-17-11-6-5-10-16(17)21)23-19(24)14-8-7-9-15(12-14)28(25,26)22-4/h5-12,18,22H,13H2,1-4H3,(H,23,24). The highest BCUT2D eigenvalue weighted by Crippen LogP contribution is 2.23. The Balaban J connectivity index is 2.18. The predicted molar refractivity (Wildman–Crippen MR) is 105 cm³/mol. The van der Waals surface area contributed by atoms with Gasteiger partial charge in [-0.2, -0.15) is 0 Å². The van der Waals surface area contributed by atoms with E-state index in [1.807, 2.05) is 20.8 Å². The van der Waals surface area contributed by atoms with Crippen LogP contribution in [0.25, 0.3) is 0 Å². The zero-order valence-electron chi connectivity index (χ0n) is 16.3. The van der Waals surface area contributed by atoms with Crippen LogP contribution in [0.15, 0.2) is 53.4 Å². The molecule has 0 aliphatic carbocycles. The molecule has 28 heavy (non-hydrogen) atoms. The topological polar surface area (TPSA) is 84.5 Å². The Bertz CT molecular complexity index is 939. The molecule has 0 saturated carbocycles. The van der Waals surface area contributed by atoms with E-state index >= 15 is 0 Å². The summed E-state index contributed by atoms with van der Waals surface area (Å²) in [5.41, 5.74) is -0.174. The van der Waals surface area contributed by atoms with Gasteiger partial charge in [-0.25, -0.2) is 17.5 Å². The molecule has 1 unspecified atom stereocenters. The van der Waals surface area contributed by atoms with E-state index in [9.17, 15) is 17.6 Å². The summed E-state index contributed by atoms with van der Waals surface area (Å²) in [6, 6.07) is 11.3. The number of ether oxygens (including phenoxy) is 1. The molecule has 0 saturated heterocycles. The number of halogens is 1. The molecule has 2 rings (SSSR count). The summed E-state index contributed by atoms with van der Waals surface area (Å²) in [6.07, 6.45) is 0. The van der Waals surface area contributed by atoms with Crippen molar-refractivity contribution in [3.05, 3.63) is 59.9 Å². The lowest BCUT2D eigenvalue weighted by Crippen LogP contribution is -2.47. The zero-order valence-corrected chi connectivity index (χ0v) is 17.1. The maximum atomic E-state index is 13.8. The molecule has 2 N–H and O–H groups in total. The van der Waals surface area contributed by atoms with Crippen LogP contribution >= 0.6 is 0 Å². The molecule has 6 nitrogen and oxygen atoms in total. The number of para-hydroxylation sites is 1. The van der Waals surface area contributed by atoms with Crippen LogP contribution < -0.4 is 14.8 Å². The molecule has 2 aromatic rings. The number of amides is 1. The lowest BCUT2D eigenvalue weighted by atomic mass is 9.87. The molecule has 0 heterocycles. The Kier molecular flexibility index (Phi) is 6.79. The van der Waals surface area contributed by atoms with Crippen LogP contribution in [0.5, 0.6) is 5.75 Å². The molecular weight excluding hydrogens is 383 g/mol. The van der Waals surface area contributed by atoms with E-state index in [4.69, 9.17) is 4.74 Å². The average molecular weight is 408 g/mol. The molecule has 1 atom stereocenters. The third kappa shape index (κ3) is 5.53. The number of rotatable bonds is 7. The Morgan fingerprint density at radius 3 is 2.43 bits per heavy atom.